The van der Waals surface area contributed by atoms with Crippen LogP contribution in [0.2, 0.25) is 0 Å². The van der Waals surface area contributed by atoms with Gasteiger partial charge in [0.15, 0.2) is 0 Å². The monoisotopic (exact) mass is 160 g/mol. The molecule has 62 valence electrons. The van der Waals surface area contributed by atoms with E-state index in [1.54, 1.807) is 12.4 Å². The van der Waals surface area contributed by atoms with E-state index in [0.29, 0.717) is 5.69 Å². The summed E-state index contributed by atoms with van der Waals surface area (Å²) in [5.74, 6) is 2.43. The third-order valence-electron chi connectivity index (χ3n) is 1.57. The normalized spacial score (nSPS) is 10.8. The molecule has 0 fully saturated rings. The molecule has 2 nitrogen and oxygen atoms in total. The van der Waals surface area contributed by atoms with E-state index in [9.17, 15) is 0 Å². The van der Waals surface area contributed by atoms with Gasteiger partial charge in [0.1, 0.15) is 5.69 Å². The Balaban J connectivity index is 3.02. The second-order valence-electron chi connectivity index (χ2n) is 3.68. The van der Waals surface area contributed by atoms with Gasteiger partial charge >= 0.3 is 0 Å². The number of nitrogens with zero attached hydrogens (tertiary/aromatic N) is 2. The van der Waals surface area contributed by atoms with Crippen molar-refractivity contribution >= 4 is 0 Å². The zero-order valence-corrected chi connectivity index (χ0v) is 7.63. The van der Waals surface area contributed by atoms with Gasteiger partial charge in [-0.15, -0.1) is 6.42 Å². The largest absolute Gasteiger partial charge is 0.256 e. The zero-order chi connectivity index (χ0) is 9.19. The summed E-state index contributed by atoms with van der Waals surface area (Å²) in [6.45, 7) is 6.27. The van der Waals surface area contributed by atoms with Crippen LogP contribution in [0.25, 0.3) is 0 Å². The van der Waals surface area contributed by atoms with Gasteiger partial charge in [-0.25, -0.2) is 4.98 Å². The Kier molecular flexibility index (Phi) is 2.14. The first-order chi connectivity index (χ1) is 5.54. The lowest BCUT2D eigenvalue weighted by Crippen LogP contribution is -2.13. The van der Waals surface area contributed by atoms with Crippen molar-refractivity contribution in [3.63, 3.8) is 0 Å². The van der Waals surface area contributed by atoms with Gasteiger partial charge in [-0.1, -0.05) is 20.8 Å². The van der Waals surface area contributed by atoms with Gasteiger partial charge in [-0.2, -0.15) is 0 Å². The average Bonchev–Trinajstić information content (AvgIpc) is 2.03. The molecule has 0 bridgehead atoms. The van der Waals surface area contributed by atoms with E-state index in [1.807, 2.05) is 0 Å². The van der Waals surface area contributed by atoms with E-state index in [0.717, 1.165) is 5.69 Å². The van der Waals surface area contributed by atoms with Crippen molar-refractivity contribution < 1.29 is 0 Å². The highest BCUT2D eigenvalue weighted by Crippen LogP contribution is 2.18. The maximum Gasteiger partial charge on any atom is 0.131 e. The van der Waals surface area contributed by atoms with Crippen molar-refractivity contribution in [3.05, 3.63) is 23.8 Å². The Morgan fingerprint density at radius 3 is 2.25 bits per heavy atom. The molecule has 0 aliphatic carbocycles. The van der Waals surface area contributed by atoms with Crippen LogP contribution >= 0.6 is 0 Å². The molecule has 0 amide bonds. The van der Waals surface area contributed by atoms with Gasteiger partial charge in [0.05, 0.1) is 18.1 Å². The standard InChI is InChI=1S/C10H12N2/c1-5-8-6-12-9(7-11-8)10(2,3)4/h1,6-7H,2-4H3. The van der Waals surface area contributed by atoms with E-state index in [-0.39, 0.29) is 5.41 Å². The molecule has 0 atom stereocenters. The number of terminal acetylenes is 1. The Bertz CT molecular complexity index is 298. The van der Waals surface area contributed by atoms with Gasteiger partial charge < -0.3 is 0 Å². The highest BCUT2D eigenvalue weighted by atomic mass is 14.8. The van der Waals surface area contributed by atoms with Crippen molar-refractivity contribution in [2.45, 2.75) is 26.2 Å². The number of hydrogen-bond donors (Lipinski definition) is 0. The summed E-state index contributed by atoms with van der Waals surface area (Å²) in [5, 5.41) is 0. The molecular weight excluding hydrogens is 148 g/mol. The molecule has 0 unspecified atom stereocenters. The van der Waals surface area contributed by atoms with Gasteiger partial charge in [0.2, 0.25) is 0 Å². The molecule has 1 heterocycles. The minimum absolute atomic E-state index is 0.0418. The predicted molar refractivity (Wildman–Crippen MR) is 48.7 cm³/mol. The van der Waals surface area contributed by atoms with Gasteiger partial charge in [-0.05, 0) is 5.92 Å². The van der Waals surface area contributed by atoms with Crippen molar-refractivity contribution in [1.82, 2.24) is 9.97 Å². The molecule has 0 radical (unpaired) electrons. The van der Waals surface area contributed by atoms with Crippen LogP contribution in [0.4, 0.5) is 0 Å². The molecule has 0 aliphatic rings. The van der Waals surface area contributed by atoms with Crippen molar-refractivity contribution in [2.24, 2.45) is 0 Å². The lowest BCUT2D eigenvalue weighted by molar-refractivity contribution is 0.565. The van der Waals surface area contributed by atoms with Crippen LogP contribution in [-0.4, -0.2) is 9.97 Å². The van der Waals surface area contributed by atoms with Gasteiger partial charge in [0.25, 0.3) is 0 Å². The summed E-state index contributed by atoms with van der Waals surface area (Å²) >= 11 is 0. The molecule has 0 spiro atoms. The fourth-order valence-corrected chi connectivity index (χ4v) is 0.790. The van der Waals surface area contributed by atoms with Crippen LogP contribution in [0.15, 0.2) is 12.4 Å². The first kappa shape index (κ1) is 8.73. The Morgan fingerprint density at radius 2 is 1.92 bits per heavy atom. The SMILES string of the molecule is C#Cc1cnc(C(C)(C)C)cn1. The zero-order valence-electron chi connectivity index (χ0n) is 7.63. The highest BCUT2D eigenvalue weighted by molar-refractivity contribution is 5.22. The minimum Gasteiger partial charge on any atom is -0.256 e. The maximum absolute atomic E-state index is 5.16. The van der Waals surface area contributed by atoms with Crippen LogP contribution in [0.3, 0.4) is 0 Å². The highest BCUT2D eigenvalue weighted by Gasteiger charge is 2.14. The Hall–Kier alpha value is -1.36. The van der Waals surface area contributed by atoms with Crippen molar-refractivity contribution in [3.8, 4) is 12.3 Å². The number of rotatable bonds is 0. The van der Waals surface area contributed by atoms with Gasteiger partial charge in [0, 0.05) is 5.41 Å². The maximum atomic E-state index is 5.16. The molecule has 0 aromatic carbocycles. The van der Waals surface area contributed by atoms with E-state index < -0.39 is 0 Å². The van der Waals surface area contributed by atoms with E-state index >= 15 is 0 Å². The molecule has 1 rings (SSSR count). The van der Waals surface area contributed by atoms with Crippen LogP contribution < -0.4 is 0 Å². The smallest absolute Gasteiger partial charge is 0.131 e. The lowest BCUT2D eigenvalue weighted by Gasteiger charge is -2.16. The molecule has 1 aromatic rings. The third-order valence-corrected chi connectivity index (χ3v) is 1.57. The fourth-order valence-electron chi connectivity index (χ4n) is 0.790. The summed E-state index contributed by atoms with van der Waals surface area (Å²) in [4.78, 5) is 8.28. The van der Waals surface area contributed by atoms with Crippen molar-refractivity contribution in [2.75, 3.05) is 0 Å². The summed E-state index contributed by atoms with van der Waals surface area (Å²) in [6, 6.07) is 0. The summed E-state index contributed by atoms with van der Waals surface area (Å²) in [7, 11) is 0. The quantitative estimate of drug-likeness (QED) is 0.540. The Labute approximate surface area is 73.1 Å². The first-order valence-electron chi connectivity index (χ1n) is 3.83. The molecule has 0 saturated heterocycles. The number of hydrogen-bond acceptors (Lipinski definition) is 2. The minimum atomic E-state index is 0.0418. The van der Waals surface area contributed by atoms with Crippen LogP contribution in [0, 0.1) is 12.3 Å². The lowest BCUT2D eigenvalue weighted by atomic mass is 9.93. The Morgan fingerprint density at radius 1 is 1.25 bits per heavy atom. The van der Waals surface area contributed by atoms with Crippen LogP contribution in [0.1, 0.15) is 32.2 Å². The number of aromatic nitrogens is 2. The van der Waals surface area contributed by atoms with Crippen molar-refractivity contribution in [1.29, 1.82) is 0 Å². The summed E-state index contributed by atoms with van der Waals surface area (Å²) in [5.41, 5.74) is 1.59. The second-order valence-corrected chi connectivity index (χ2v) is 3.68. The van der Waals surface area contributed by atoms with Crippen LogP contribution in [-0.2, 0) is 5.41 Å². The average molecular weight is 160 g/mol. The fraction of sp³-hybridized carbons (Fsp3) is 0.400. The molecule has 1 aromatic heterocycles. The molecule has 0 aliphatic heterocycles. The van der Waals surface area contributed by atoms with Crippen LogP contribution in [0.5, 0.6) is 0 Å². The predicted octanol–water partition coefficient (Wildman–Crippen LogP) is 1.76. The molecule has 2 heteroatoms. The molecule has 12 heavy (non-hydrogen) atoms. The molecule has 0 N–H and O–H groups in total. The first-order valence-corrected chi connectivity index (χ1v) is 3.83. The second kappa shape index (κ2) is 2.94. The molecule has 0 saturated carbocycles. The summed E-state index contributed by atoms with van der Waals surface area (Å²) in [6.07, 6.45) is 8.51. The third kappa shape index (κ3) is 1.82. The van der Waals surface area contributed by atoms with Gasteiger partial charge in [-0.3, -0.25) is 4.98 Å². The molecular formula is C10H12N2. The topological polar surface area (TPSA) is 25.8 Å². The van der Waals surface area contributed by atoms with E-state index in [1.165, 1.54) is 0 Å². The van der Waals surface area contributed by atoms with E-state index in [4.69, 9.17) is 6.42 Å². The van der Waals surface area contributed by atoms with E-state index in [2.05, 4.69) is 36.7 Å². The summed E-state index contributed by atoms with van der Waals surface area (Å²) < 4.78 is 0.